The van der Waals surface area contributed by atoms with E-state index >= 15 is 0 Å². The van der Waals surface area contributed by atoms with Gasteiger partial charge in [0.05, 0.1) is 6.26 Å². The molecule has 0 spiro atoms. The lowest BCUT2D eigenvalue weighted by atomic mass is 9.85. The Morgan fingerprint density at radius 3 is 2.62 bits per heavy atom. The van der Waals surface area contributed by atoms with Crippen molar-refractivity contribution in [2.45, 2.75) is 37.6 Å². The molecule has 1 saturated carbocycles. The summed E-state index contributed by atoms with van der Waals surface area (Å²) >= 11 is 0. The van der Waals surface area contributed by atoms with Gasteiger partial charge in [0.25, 0.3) is 0 Å². The molecule has 0 unspecified atom stereocenters. The first-order valence-corrected chi connectivity index (χ1v) is 5.11. The van der Waals surface area contributed by atoms with E-state index < -0.39 is 0 Å². The molecule has 2 rings (SSSR count). The van der Waals surface area contributed by atoms with Crippen LogP contribution in [0.4, 0.5) is 0 Å². The Kier molecular flexibility index (Phi) is 2.69. The number of hydrogen-bond acceptors (Lipinski definition) is 2. The van der Waals surface area contributed by atoms with E-state index in [2.05, 4.69) is 18.4 Å². The van der Waals surface area contributed by atoms with Gasteiger partial charge in [0.2, 0.25) is 0 Å². The zero-order valence-corrected chi connectivity index (χ0v) is 8.12. The molecule has 1 aromatic rings. The summed E-state index contributed by atoms with van der Waals surface area (Å²) < 4.78 is 5.42. The van der Waals surface area contributed by atoms with Gasteiger partial charge in [-0.25, -0.2) is 0 Å². The highest BCUT2D eigenvalue weighted by Gasteiger charge is 2.22. The summed E-state index contributed by atoms with van der Waals surface area (Å²) in [6, 6.07) is 4.82. The zero-order chi connectivity index (χ0) is 9.10. The number of furan rings is 1. The Balaban J connectivity index is 1.92. The van der Waals surface area contributed by atoms with E-state index in [-0.39, 0.29) is 0 Å². The van der Waals surface area contributed by atoms with E-state index in [1.54, 1.807) is 6.26 Å². The standard InChI is InChI=1S/C11H17NO/c1-12-10-6-4-9(5-7-10)11-3-2-8-13-11/h2-3,8-10,12H,4-7H2,1H3. The largest absolute Gasteiger partial charge is 0.469 e. The SMILES string of the molecule is CNC1CCC(c2ccco2)CC1. The van der Waals surface area contributed by atoms with Gasteiger partial charge in [-0.2, -0.15) is 0 Å². The van der Waals surface area contributed by atoms with Crippen LogP contribution in [0.25, 0.3) is 0 Å². The van der Waals surface area contributed by atoms with Crippen molar-refractivity contribution in [3.8, 4) is 0 Å². The van der Waals surface area contributed by atoms with Gasteiger partial charge in [0.15, 0.2) is 0 Å². The predicted octanol–water partition coefficient (Wildman–Crippen LogP) is 2.53. The lowest BCUT2D eigenvalue weighted by Crippen LogP contribution is -2.29. The van der Waals surface area contributed by atoms with Crippen LogP contribution >= 0.6 is 0 Å². The highest BCUT2D eigenvalue weighted by molar-refractivity contribution is 5.06. The van der Waals surface area contributed by atoms with Gasteiger partial charge in [-0.15, -0.1) is 0 Å². The molecule has 2 nitrogen and oxygen atoms in total. The molecule has 0 saturated heterocycles. The van der Waals surface area contributed by atoms with E-state index in [0.717, 1.165) is 6.04 Å². The van der Waals surface area contributed by atoms with Crippen molar-refractivity contribution in [2.75, 3.05) is 7.05 Å². The first-order valence-electron chi connectivity index (χ1n) is 5.11. The fourth-order valence-electron chi connectivity index (χ4n) is 2.19. The second-order valence-corrected chi connectivity index (χ2v) is 3.85. The number of rotatable bonds is 2. The Morgan fingerprint density at radius 1 is 1.31 bits per heavy atom. The third-order valence-corrected chi connectivity index (χ3v) is 3.08. The highest BCUT2D eigenvalue weighted by Crippen LogP contribution is 2.32. The fourth-order valence-corrected chi connectivity index (χ4v) is 2.19. The molecule has 13 heavy (non-hydrogen) atoms. The molecule has 1 aliphatic rings. The van der Waals surface area contributed by atoms with Crippen molar-refractivity contribution in [1.29, 1.82) is 0 Å². The molecule has 0 radical (unpaired) electrons. The maximum Gasteiger partial charge on any atom is 0.106 e. The third kappa shape index (κ3) is 1.94. The van der Waals surface area contributed by atoms with E-state index in [1.165, 1.54) is 31.4 Å². The topological polar surface area (TPSA) is 25.2 Å². The molecular formula is C11H17NO. The van der Waals surface area contributed by atoms with Crippen LogP contribution in [0.5, 0.6) is 0 Å². The van der Waals surface area contributed by atoms with Crippen LogP contribution in [0.15, 0.2) is 22.8 Å². The number of nitrogens with one attached hydrogen (secondary N) is 1. The van der Waals surface area contributed by atoms with E-state index in [0.29, 0.717) is 5.92 Å². The van der Waals surface area contributed by atoms with Crippen LogP contribution in [0.3, 0.4) is 0 Å². The van der Waals surface area contributed by atoms with Gasteiger partial charge in [0.1, 0.15) is 5.76 Å². The molecular weight excluding hydrogens is 162 g/mol. The van der Waals surface area contributed by atoms with Crippen molar-refractivity contribution in [2.24, 2.45) is 0 Å². The Labute approximate surface area is 79.3 Å². The van der Waals surface area contributed by atoms with Gasteiger partial charge >= 0.3 is 0 Å². The molecule has 2 heteroatoms. The van der Waals surface area contributed by atoms with Crippen LogP contribution in [0.1, 0.15) is 37.4 Å². The summed E-state index contributed by atoms with van der Waals surface area (Å²) in [4.78, 5) is 0. The monoisotopic (exact) mass is 179 g/mol. The van der Waals surface area contributed by atoms with E-state index in [4.69, 9.17) is 4.42 Å². The quantitative estimate of drug-likeness (QED) is 0.754. The van der Waals surface area contributed by atoms with Gasteiger partial charge in [-0.3, -0.25) is 0 Å². The van der Waals surface area contributed by atoms with Crippen LogP contribution < -0.4 is 5.32 Å². The molecule has 1 fully saturated rings. The summed E-state index contributed by atoms with van der Waals surface area (Å²) in [5, 5.41) is 3.34. The van der Waals surface area contributed by atoms with Gasteiger partial charge in [-0.05, 0) is 44.9 Å². The number of hydrogen-bond donors (Lipinski definition) is 1. The van der Waals surface area contributed by atoms with Crippen molar-refractivity contribution in [3.63, 3.8) is 0 Å². The summed E-state index contributed by atoms with van der Waals surface area (Å²) in [5.74, 6) is 1.84. The molecule has 0 atom stereocenters. The Hall–Kier alpha value is -0.760. The minimum absolute atomic E-state index is 0.666. The molecule has 1 aliphatic carbocycles. The maximum atomic E-state index is 5.42. The van der Waals surface area contributed by atoms with Crippen molar-refractivity contribution in [3.05, 3.63) is 24.2 Å². The summed E-state index contributed by atoms with van der Waals surface area (Å²) in [6.07, 6.45) is 6.86. The molecule has 0 aliphatic heterocycles. The van der Waals surface area contributed by atoms with Crippen molar-refractivity contribution in [1.82, 2.24) is 5.32 Å². The second kappa shape index (κ2) is 3.97. The summed E-state index contributed by atoms with van der Waals surface area (Å²) in [5.41, 5.74) is 0. The van der Waals surface area contributed by atoms with Crippen LogP contribution in [-0.2, 0) is 0 Å². The van der Waals surface area contributed by atoms with Gasteiger partial charge < -0.3 is 9.73 Å². The fraction of sp³-hybridized carbons (Fsp3) is 0.636. The molecule has 0 aromatic carbocycles. The third-order valence-electron chi connectivity index (χ3n) is 3.08. The predicted molar refractivity (Wildman–Crippen MR) is 52.8 cm³/mol. The zero-order valence-electron chi connectivity index (χ0n) is 8.12. The minimum Gasteiger partial charge on any atom is -0.469 e. The lowest BCUT2D eigenvalue weighted by molar-refractivity contribution is 0.324. The minimum atomic E-state index is 0.666. The summed E-state index contributed by atoms with van der Waals surface area (Å²) in [7, 11) is 2.05. The van der Waals surface area contributed by atoms with E-state index in [1.807, 2.05) is 6.07 Å². The molecule has 0 bridgehead atoms. The highest BCUT2D eigenvalue weighted by atomic mass is 16.3. The molecule has 1 heterocycles. The Bertz CT molecular complexity index is 235. The first kappa shape index (κ1) is 8.82. The first-order chi connectivity index (χ1) is 6.40. The Morgan fingerprint density at radius 2 is 2.08 bits per heavy atom. The average Bonchev–Trinajstić information content (AvgIpc) is 2.71. The van der Waals surface area contributed by atoms with Crippen molar-refractivity contribution >= 4 is 0 Å². The average molecular weight is 179 g/mol. The van der Waals surface area contributed by atoms with Crippen LogP contribution in [0.2, 0.25) is 0 Å². The second-order valence-electron chi connectivity index (χ2n) is 3.85. The normalized spacial score (nSPS) is 29.0. The smallest absolute Gasteiger partial charge is 0.106 e. The summed E-state index contributed by atoms with van der Waals surface area (Å²) in [6.45, 7) is 0. The maximum absolute atomic E-state index is 5.42. The molecule has 1 aromatic heterocycles. The lowest BCUT2D eigenvalue weighted by Gasteiger charge is -2.26. The van der Waals surface area contributed by atoms with Gasteiger partial charge in [-0.1, -0.05) is 0 Å². The van der Waals surface area contributed by atoms with E-state index in [9.17, 15) is 0 Å². The van der Waals surface area contributed by atoms with Gasteiger partial charge in [0, 0.05) is 12.0 Å². The van der Waals surface area contributed by atoms with Crippen LogP contribution in [-0.4, -0.2) is 13.1 Å². The molecule has 1 N–H and O–H groups in total. The van der Waals surface area contributed by atoms with Crippen molar-refractivity contribution < 1.29 is 4.42 Å². The van der Waals surface area contributed by atoms with Crippen LogP contribution in [0, 0.1) is 0 Å². The molecule has 72 valence electrons. The molecule has 0 amide bonds.